The number of amides is 1. The van der Waals surface area contributed by atoms with Gasteiger partial charge in [-0.25, -0.2) is 14.4 Å². The lowest BCUT2D eigenvalue weighted by Crippen LogP contribution is -2.45. The molecule has 0 aliphatic carbocycles. The normalized spacial score (nSPS) is 20.0. The minimum atomic E-state index is -0.314. The molecule has 2 heterocycles. The molecule has 2 aromatic carbocycles. The molecule has 2 aliphatic rings. The first-order valence-electron chi connectivity index (χ1n) is 11.2. The number of hydrogen-bond acceptors (Lipinski definition) is 6. The topological polar surface area (TPSA) is 112 Å². The van der Waals surface area contributed by atoms with E-state index in [-0.39, 0.29) is 30.9 Å². The molecule has 0 aromatic heterocycles. The number of amidine groups is 2. The van der Waals surface area contributed by atoms with Gasteiger partial charge in [-0.15, -0.1) is 0 Å². The number of benzene rings is 2. The van der Waals surface area contributed by atoms with E-state index in [1.807, 2.05) is 23.1 Å². The van der Waals surface area contributed by atoms with E-state index in [9.17, 15) is 9.18 Å². The summed E-state index contributed by atoms with van der Waals surface area (Å²) < 4.78 is 14.0. The van der Waals surface area contributed by atoms with Gasteiger partial charge in [0.2, 0.25) is 5.91 Å². The fraction of sp³-hybridized carbons (Fsp3) is 0.240. The maximum atomic E-state index is 14.0. The number of aliphatic imine (C=N–C) groups is 2. The highest BCUT2D eigenvalue weighted by molar-refractivity contribution is 6.35. The molecule has 35 heavy (non-hydrogen) atoms. The zero-order chi connectivity index (χ0) is 24.9. The molecule has 8 nitrogen and oxygen atoms in total. The Balaban J connectivity index is 1.66. The maximum absolute atomic E-state index is 14.0. The molecule has 0 spiro atoms. The predicted molar refractivity (Wildman–Crippen MR) is 136 cm³/mol. The Bertz CT molecular complexity index is 1230. The van der Waals surface area contributed by atoms with E-state index >= 15 is 0 Å². The molecule has 1 saturated heterocycles. The Kier molecular flexibility index (Phi) is 7.48. The molecule has 1 unspecified atom stereocenters. The van der Waals surface area contributed by atoms with Gasteiger partial charge in [0.25, 0.3) is 0 Å². The van der Waals surface area contributed by atoms with Crippen molar-refractivity contribution in [2.24, 2.45) is 21.5 Å². The van der Waals surface area contributed by atoms with E-state index in [0.29, 0.717) is 58.8 Å². The summed E-state index contributed by atoms with van der Waals surface area (Å²) in [4.78, 5) is 25.3. The molecule has 182 valence electrons. The van der Waals surface area contributed by atoms with Crippen molar-refractivity contribution < 1.29 is 9.18 Å². The van der Waals surface area contributed by atoms with Crippen LogP contribution in [0.4, 0.5) is 4.39 Å². The first-order valence-corrected chi connectivity index (χ1v) is 11.6. The standard InChI is InChI=1S/C25H27ClFN7O/c1-16(30-14-17-6-2-5-9-21(17)27)31-25-22(12-28)32-24(19-7-3-4-8-20(19)26)34(25)18-10-11-33(15-18)23(35)13-29/h2-9,12,18,30H,1,10-11,13-15,28-29H2/b22-12+,31-25+. The third kappa shape index (κ3) is 5.21. The van der Waals surface area contributed by atoms with E-state index in [0.717, 1.165) is 0 Å². The van der Waals surface area contributed by atoms with Crippen molar-refractivity contribution >= 4 is 29.2 Å². The molecular formula is C25H27ClFN7O. The summed E-state index contributed by atoms with van der Waals surface area (Å²) in [5.41, 5.74) is 13.2. The van der Waals surface area contributed by atoms with Gasteiger partial charge in [0.05, 0.1) is 17.6 Å². The fourth-order valence-electron chi connectivity index (χ4n) is 4.16. The van der Waals surface area contributed by atoms with Gasteiger partial charge < -0.3 is 26.6 Å². The van der Waals surface area contributed by atoms with Crippen molar-refractivity contribution in [3.05, 3.63) is 94.8 Å². The lowest BCUT2D eigenvalue weighted by Gasteiger charge is -2.28. The summed E-state index contributed by atoms with van der Waals surface area (Å²) in [7, 11) is 0. The van der Waals surface area contributed by atoms with Gasteiger partial charge in [0.15, 0.2) is 5.84 Å². The Hall–Kier alpha value is -3.69. The molecule has 10 heteroatoms. The third-order valence-corrected chi connectivity index (χ3v) is 6.25. The molecule has 0 bridgehead atoms. The van der Waals surface area contributed by atoms with E-state index in [1.54, 1.807) is 29.2 Å². The molecule has 1 amide bonds. The average Bonchev–Trinajstić information content (AvgIpc) is 3.48. The molecule has 1 fully saturated rings. The summed E-state index contributed by atoms with van der Waals surface area (Å²) in [5, 5.41) is 3.58. The van der Waals surface area contributed by atoms with Crippen LogP contribution in [0.1, 0.15) is 17.5 Å². The fourth-order valence-corrected chi connectivity index (χ4v) is 4.38. The lowest BCUT2D eigenvalue weighted by atomic mass is 10.1. The molecule has 2 aliphatic heterocycles. The van der Waals surface area contributed by atoms with Crippen molar-refractivity contribution in [2.75, 3.05) is 19.6 Å². The van der Waals surface area contributed by atoms with Crippen molar-refractivity contribution in [3.63, 3.8) is 0 Å². The van der Waals surface area contributed by atoms with Gasteiger partial charge in [-0.05, 0) is 24.6 Å². The maximum Gasteiger partial charge on any atom is 0.236 e. The first kappa shape index (κ1) is 24.4. The summed E-state index contributed by atoms with van der Waals surface area (Å²) >= 11 is 6.51. The second-order valence-corrected chi connectivity index (χ2v) is 8.56. The van der Waals surface area contributed by atoms with Crippen LogP contribution >= 0.6 is 11.6 Å². The van der Waals surface area contributed by atoms with E-state index < -0.39 is 0 Å². The van der Waals surface area contributed by atoms with Crippen molar-refractivity contribution in [1.29, 1.82) is 0 Å². The highest BCUT2D eigenvalue weighted by atomic mass is 35.5. The zero-order valence-corrected chi connectivity index (χ0v) is 19.9. The smallest absolute Gasteiger partial charge is 0.236 e. The lowest BCUT2D eigenvalue weighted by molar-refractivity contribution is -0.128. The second-order valence-electron chi connectivity index (χ2n) is 8.15. The third-order valence-electron chi connectivity index (χ3n) is 5.92. The average molecular weight is 496 g/mol. The van der Waals surface area contributed by atoms with Gasteiger partial charge in [-0.2, -0.15) is 0 Å². The van der Waals surface area contributed by atoms with Crippen LogP contribution < -0.4 is 16.8 Å². The van der Waals surface area contributed by atoms with Crippen LogP contribution in [-0.4, -0.2) is 53.1 Å². The van der Waals surface area contributed by atoms with Crippen molar-refractivity contribution in [3.8, 4) is 0 Å². The largest absolute Gasteiger partial charge is 0.403 e. The number of nitrogens with one attached hydrogen (secondary N) is 1. The number of hydrogen-bond donors (Lipinski definition) is 3. The highest BCUT2D eigenvalue weighted by Crippen LogP contribution is 2.30. The van der Waals surface area contributed by atoms with E-state index in [4.69, 9.17) is 28.1 Å². The minimum absolute atomic E-state index is 0.0517. The van der Waals surface area contributed by atoms with E-state index in [1.165, 1.54) is 12.3 Å². The van der Waals surface area contributed by atoms with Crippen LogP contribution in [0.3, 0.4) is 0 Å². The number of halogens is 2. The van der Waals surface area contributed by atoms with Crippen LogP contribution in [-0.2, 0) is 11.3 Å². The molecule has 5 N–H and O–H groups in total. The van der Waals surface area contributed by atoms with Gasteiger partial charge in [0, 0.05) is 37.0 Å². The SMILES string of the molecule is C=C(/N=C1\C(=C/N)N=C(c2ccccc2Cl)N1C1CCN(C(=O)CN)C1)NCc1ccccc1F. The van der Waals surface area contributed by atoms with Crippen LogP contribution in [0.5, 0.6) is 0 Å². The molecular weight excluding hydrogens is 469 g/mol. The van der Waals surface area contributed by atoms with Gasteiger partial charge >= 0.3 is 0 Å². The van der Waals surface area contributed by atoms with Crippen molar-refractivity contribution in [1.82, 2.24) is 15.1 Å². The Morgan fingerprint density at radius 2 is 2.03 bits per heavy atom. The number of carbonyl (C=O) groups is 1. The van der Waals surface area contributed by atoms with Crippen LogP contribution in [0.15, 0.2) is 82.8 Å². The second kappa shape index (κ2) is 10.7. The van der Waals surface area contributed by atoms with Gasteiger partial charge in [-0.1, -0.05) is 48.5 Å². The van der Waals surface area contributed by atoms with Gasteiger partial charge in [0.1, 0.15) is 23.2 Å². The Morgan fingerprint density at radius 1 is 1.29 bits per heavy atom. The Morgan fingerprint density at radius 3 is 2.74 bits per heavy atom. The number of carbonyl (C=O) groups excluding carboxylic acids is 1. The summed E-state index contributed by atoms with van der Waals surface area (Å²) in [5.74, 6) is 0.939. The minimum Gasteiger partial charge on any atom is -0.403 e. The number of rotatable bonds is 7. The zero-order valence-electron chi connectivity index (χ0n) is 19.1. The predicted octanol–water partition coefficient (Wildman–Crippen LogP) is 2.56. The molecule has 1 atom stereocenters. The summed E-state index contributed by atoms with van der Waals surface area (Å²) in [6.07, 6.45) is 2.05. The Labute approximate surface area is 208 Å². The first-order chi connectivity index (χ1) is 16.9. The number of nitrogens with two attached hydrogens (primary N) is 2. The van der Waals surface area contributed by atoms with Crippen LogP contribution in [0, 0.1) is 5.82 Å². The van der Waals surface area contributed by atoms with Crippen LogP contribution in [0.25, 0.3) is 0 Å². The summed E-state index contributed by atoms with van der Waals surface area (Å²) in [6.45, 7) is 5.17. The monoisotopic (exact) mass is 495 g/mol. The van der Waals surface area contributed by atoms with Crippen LogP contribution in [0.2, 0.25) is 5.02 Å². The van der Waals surface area contributed by atoms with Gasteiger partial charge in [-0.3, -0.25) is 4.79 Å². The highest BCUT2D eigenvalue weighted by Gasteiger charge is 2.39. The number of nitrogens with zero attached hydrogens (tertiary/aromatic N) is 4. The van der Waals surface area contributed by atoms with E-state index in [2.05, 4.69) is 16.9 Å². The number of likely N-dealkylation sites (tertiary alicyclic amines) is 1. The molecule has 0 saturated carbocycles. The molecule has 4 rings (SSSR count). The quantitative estimate of drug-likeness (QED) is 0.546. The molecule has 0 radical (unpaired) electrons. The van der Waals surface area contributed by atoms with Crippen molar-refractivity contribution in [2.45, 2.75) is 19.0 Å². The molecule has 2 aromatic rings. The summed E-state index contributed by atoms with van der Waals surface area (Å²) in [6, 6.07) is 13.7.